The van der Waals surface area contributed by atoms with Crippen molar-refractivity contribution in [1.82, 2.24) is 5.01 Å². The average Bonchev–Trinajstić information content (AvgIpc) is 2.87. The molecule has 1 atom stereocenters. The van der Waals surface area contributed by atoms with Crippen molar-refractivity contribution in [2.75, 3.05) is 19.0 Å². The van der Waals surface area contributed by atoms with Crippen LogP contribution in [0.5, 0.6) is 0 Å². The molecular formula is C11H17F3N2OS. The largest absolute Gasteiger partial charge is 0.400 e. The molecule has 2 heterocycles. The van der Waals surface area contributed by atoms with Gasteiger partial charge in [-0.15, -0.1) is 0 Å². The second-order valence-electron chi connectivity index (χ2n) is 5.13. The lowest BCUT2D eigenvalue weighted by Crippen LogP contribution is -2.37. The molecule has 0 aromatic carbocycles. The van der Waals surface area contributed by atoms with E-state index in [4.69, 9.17) is 4.74 Å². The van der Waals surface area contributed by atoms with Crippen molar-refractivity contribution < 1.29 is 17.9 Å². The first-order chi connectivity index (χ1) is 8.30. The highest BCUT2D eigenvalue weighted by Gasteiger charge is 2.52. The zero-order chi connectivity index (χ0) is 13.4. The Hall–Kier alpha value is -0.430. The maximum atomic E-state index is 12.9. The molecule has 2 aliphatic rings. The van der Waals surface area contributed by atoms with Crippen molar-refractivity contribution >= 4 is 16.8 Å². The molecule has 0 aromatic heterocycles. The van der Waals surface area contributed by atoms with Crippen LogP contribution in [0, 0.1) is 5.41 Å². The summed E-state index contributed by atoms with van der Waals surface area (Å²) in [5.41, 5.74) is -1.87. The molecule has 2 rings (SSSR count). The van der Waals surface area contributed by atoms with E-state index in [0.29, 0.717) is 12.4 Å². The fourth-order valence-electron chi connectivity index (χ4n) is 1.87. The van der Waals surface area contributed by atoms with Crippen LogP contribution in [0.3, 0.4) is 0 Å². The first-order valence-electron chi connectivity index (χ1n) is 5.96. The number of rotatable bonds is 3. The summed E-state index contributed by atoms with van der Waals surface area (Å²) in [6.07, 6.45) is -2.16. The van der Waals surface area contributed by atoms with Crippen molar-refractivity contribution in [3.63, 3.8) is 0 Å². The summed E-state index contributed by atoms with van der Waals surface area (Å²) in [5, 5.41) is 5.93. The van der Waals surface area contributed by atoms with Gasteiger partial charge >= 0.3 is 6.18 Å². The highest BCUT2D eigenvalue weighted by atomic mass is 32.2. The van der Waals surface area contributed by atoms with E-state index in [9.17, 15) is 13.2 Å². The molecule has 0 amide bonds. The van der Waals surface area contributed by atoms with Crippen molar-refractivity contribution in [3.8, 4) is 0 Å². The highest BCUT2D eigenvalue weighted by Crippen LogP contribution is 2.43. The lowest BCUT2D eigenvalue weighted by Gasteiger charge is -2.26. The molecule has 0 saturated carbocycles. The number of ether oxygens (including phenoxy) is 1. The number of hydrazone groups is 1. The van der Waals surface area contributed by atoms with Gasteiger partial charge in [0.2, 0.25) is 0 Å². The Morgan fingerprint density at radius 2 is 2.17 bits per heavy atom. The molecule has 18 heavy (non-hydrogen) atoms. The first-order valence-corrected chi connectivity index (χ1v) is 6.94. The Balaban J connectivity index is 1.99. The summed E-state index contributed by atoms with van der Waals surface area (Å²) in [6.45, 7) is 3.68. The van der Waals surface area contributed by atoms with Crippen molar-refractivity contribution in [1.29, 1.82) is 0 Å². The van der Waals surface area contributed by atoms with Gasteiger partial charge in [-0.2, -0.15) is 18.3 Å². The number of alkyl halides is 3. The van der Waals surface area contributed by atoms with Gasteiger partial charge in [0.25, 0.3) is 0 Å². The smallest absolute Gasteiger partial charge is 0.376 e. The van der Waals surface area contributed by atoms with Crippen LogP contribution < -0.4 is 0 Å². The molecule has 0 spiro atoms. The summed E-state index contributed by atoms with van der Waals surface area (Å²) >= 11 is 1.17. The molecule has 1 saturated heterocycles. The standard InChI is InChI=1S/C11H17F3N2OS/c1-10(2,11(12,13)14)9-15-16(7-18-9)6-8-4-3-5-17-8/h8H,3-7H2,1-2H3/t8-/m1/s1. The van der Waals surface area contributed by atoms with E-state index in [-0.39, 0.29) is 11.1 Å². The van der Waals surface area contributed by atoms with Crippen LogP contribution in [0.2, 0.25) is 0 Å². The quantitative estimate of drug-likeness (QED) is 0.795. The van der Waals surface area contributed by atoms with Crippen molar-refractivity contribution in [2.45, 2.75) is 39.0 Å². The number of halogens is 3. The highest BCUT2D eigenvalue weighted by molar-refractivity contribution is 8.14. The Morgan fingerprint density at radius 3 is 2.72 bits per heavy atom. The van der Waals surface area contributed by atoms with Crippen LogP contribution in [0.1, 0.15) is 26.7 Å². The van der Waals surface area contributed by atoms with E-state index in [1.54, 1.807) is 5.01 Å². The fraction of sp³-hybridized carbons (Fsp3) is 0.909. The molecule has 7 heteroatoms. The number of nitrogens with zero attached hydrogens (tertiary/aromatic N) is 2. The second kappa shape index (κ2) is 4.92. The molecule has 0 aliphatic carbocycles. The minimum absolute atomic E-state index is 0.114. The molecule has 3 nitrogen and oxygen atoms in total. The molecule has 0 N–H and O–H groups in total. The molecular weight excluding hydrogens is 265 g/mol. The van der Waals surface area contributed by atoms with Crippen LogP contribution in [0.15, 0.2) is 5.10 Å². The van der Waals surface area contributed by atoms with Crippen LogP contribution in [0.4, 0.5) is 13.2 Å². The Bertz CT molecular complexity index is 338. The Morgan fingerprint density at radius 1 is 1.44 bits per heavy atom. The van der Waals surface area contributed by atoms with E-state index in [1.807, 2.05) is 0 Å². The normalized spacial score (nSPS) is 25.7. The van der Waals surface area contributed by atoms with Gasteiger partial charge in [0, 0.05) is 6.61 Å². The van der Waals surface area contributed by atoms with Gasteiger partial charge in [-0.25, -0.2) is 0 Å². The van der Waals surface area contributed by atoms with Crippen LogP contribution in [-0.2, 0) is 4.74 Å². The average molecular weight is 282 g/mol. The third-order valence-corrected chi connectivity index (χ3v) is 4.56. The van der Waals surface area contributed by atoms with E-state index in [0.717, 1.165) is 19.4 Å². The van der Waals surface area contributed by atoms with Crippen LogP contribution in [-0.4, -0.2) is 41.4 Å². The van der Waals surface area contributed by atoms with Gasteiger partial charge in [-0.3, -0.25) is 5.01 Å². The Labute approximate surface area is 109 Å². The molecule has 0 bridgehead atoms. The fourth-order valence-corrected chi connectivity index (χ4v) is 2.95. The van der Waals surface area contributed by atoms with Gasteiger partial charge in [0.05, 0.1) is 18.5 Å². The lowest BCUT2D eigenvalue weighted by molar-refractivity contribution is -0.185. The van der Waals surface area contributed by atoms with Crippen molar-refractivity contribution in [2.24, 2.45) is 10.5 Å². The van der Waals surface area contributed by atoms with Gasteiger partial charge in [-0.1, -0.05) is 11.8 Å². The van der Waals surface area contributed by atoms with Gasteiger partial charge in [0.1, 0.15) is 10.5 Å². The van der Waals surface area contributed by atoms with Gasteiger partial charge in [0.15, 0.2) is 0 Å². The summed E-state index contributed by atoms with van der Waals surface area (Å²) in [7, 11) is 0. The van der Waals surface area contributed by atoms with Gasteiger partial charge in [-0.05, 0) is 26.7 Å². The van der Waals surface area contributed by atoms with Crippen LogP contribution in [0.25, 0.3) is 0 Å². The van der Waals surface area contributed by atoms with E-state index in [1.165, 1.54) is 25.6 Å². The van der Waals surface area contributed by atoms with E-state index < -0.39 is 11.6 Å². The SMILES string of the molecule is CC(C)(C1=NN(C[C@H]2CCCO2)CS1)C(F)(F)F. The molecule has 1 fully saturated rings. The second-order valence-corrected chi connectivity index (χ2v) is 6.06. The Kier molecular flexibility index (Phi) is 3.82. The minimum Gasteiger partial charge on any atom is -0.376 e. The number of hydrogen-bond acceptors (Lipinski definition) is 4. The first kappa shape index (κ1) is 14.0. The van der Waals surface area contributed by atoms with E-state index >= 15 is 0 Å². The molecule has 0 unspecified atom stereocenters. The molecule has 0 aromatic rings. The zero-order valence-electron chi connectivity index (χ0n) is 10.5. The minimum atomic E-state index is -4.27. The number of hydrogen-bond donors (Lipinski definition) is 0. The maximum absolute atomic E-state index is 12.9. The molecule has 2 aliphatic heterocycles. The van der Waals surface area contributed by atoms with Crippen LogP contribution >= 0.6 is 11.8 Å². The van der Waals surface area contributed by atoms with Gasteiger partial charge < -0.3 is 4.74 Å². The molecule has 0 radical (unpaired) electrons. The third-order valence-electron chi connectivity index (χ3n) is 3.26. The summed E-state index contributed by atoms with van der Waals surface area (Å²) in [4.78, 5) is 0. The number of thioether (sulfide) groups is 1. The molecule has 104 valence electrons. The predicted molar refractivity (Wildman–Crippen MR) is 65.4 cm³/mol. The summed E-state index contributed by atoms with van der Waals surface area (Å²) in [6, 6.07) is 0. The topological polar surface area (TPSA) is 24.8 Å². The maximum Gasteiger partial charge on any atom is 0.400 e. The zero-order valence-corrected chi connectivity index (χ0v) is 11.3. The summed E-state index contributed by atoms with van der Waals surface area (Å²) in [5.74, 6) is 0.481. The predicted octanol–water partition coefficient (Wildman–Crippen LogP) is 3.07. The summed E-state index contributed by atoms with van der Waals surface area (Å²) < 4.78 is 44.1. The monoisotopic (exact) mass is 282 g/mol. The third kappa shape index (κ3) is 2.77. The van der Waals surface area contributed by atoms with Crippen molar-refractivity contribution in [3.05, 3.63) is 0 Å². The van der Waals surface area contributed by atoms with E-state index in [2.05, 4.69) is 5.10 Å². The lowest BCUT2D eigenvalue weighted by atomic mass is 9.94.